The van der Waals surface area contributed by atoms with E-state index in [1.807, 2.05) is 104 Å². The molecule has 0 amide bonds. The van der Waals surface area contributed by atoms with Gasteiger partial charge in [-0.05, 0) is 23.9 Å². The number of hydrogen-bond acceptors (Lipinski definition) is 1. The summed E-state index contributed by atoms with van der Waals surface area (Å²) in [5.41, 5.74) is 2.13. The average molecular weight is 318 g/mol. The van der Waals surface area contributed by atoms with Crippen molar-refractivity contribution >= 4 is 23.3 Å². The van der Waals surface area contributed by atoms with Gasteiger partial charge in [0.25, 0.3) is 0 Å². The van der Waals surface area contributed by atoms with Crippen molar-refractivity contribution in [3.8, 4) is 0 Å². The summed E-state index contributed by atoms with van der Waals surface area (Å²) in [7, 11) is -2.81. The second-order valence-electron chi connectivity index (χ2n) is 5.51. The van der Waals surface area contributed by atoms with Crippen molar-refractivity contribution < 1.29 is 4.57 Å². The van der Waals surface area contributed by atoms with Gasteiger partial charge in [-0.25, -0.2) is 0 Å². The first-order valence-electron chi connectivity index (χ1n) is 7.66. The second-order valence-corrected chi connectivity index (χ2v) is 8.11. The lowest BCUT2D eigenvalue weighted by molar-refractivity contribution is 0.592. The van der Waals surface area contributed by atoms with Crippen molar-refractivity contribution in [3.05, 3.63) is 102 Å². The molecule has 0 saturated carbocycles. The monoisotopic (exact) mass is 318 g/mol. The van der Waals surface area contributed by atoms with Gasteiger partial charge in [-0.15, -0.1) is 0 Å². The maximum atomic E-state index is 13.9. The predicted octanol–water partition coefficient (Wildman–Crippen LogP) is 5.06. The fourth-order valence-electron chi connectivity index (χ4n) is 2.65. The highest BCUT2D eigenvalue weighted by molar-refractivity contribution is 7.81. The highest BCUT2D eigenvalue weighted by Gasteiger charge is 2.24. The van der Waals surface area contributed by atoms with Crippen LogP contribution in [0.15, 0.2) is 96.8 Å². The van der Waals surface area contributed by atoms with Crippen LogP contribution in [0, 0.1) is 0 Å². The predicted molar refractivity (Wildman–Crippen MR) is 99.9 cm³/mol. The zero-order valence-corrected chi connectivity index (χ0v) is 14.0. The van der Waals surface area contributed by atoms with Gasteiger partial charge in [0.2, 0.25) is 0 Å². The first-order valence-corrected chi connectivity index (χ1v) is 9.43. The maximum absolute atomic E-state index is 13.9. The fraction of sp³-hybridized carbons (Fsp3) is 0.0476. The lowest BCUT2D eigenvalue weighted by atomic mass is 10.1. The van der Waals surface area contributed by atoms with Gasteiger partial charge in [0.15, 0.2) is 7.14 Å². The average Bonchev–Trinajstić information content (AvgIpc) is 2.64. The van der Waals surface area contributed by atoms with Crippen LogP contribution in [-0.4, -0.2) is 0 Å². The zero-order chi connectivity index (χ0) is 16.1. The van der Waals surface area contributed by atoms with E-state index in [2.05, 4.69) is 0 Å². The van der Waals surface area contributed by atoms with Crippen LogP contribution in [0.5, 0.6) is 0 Å². The summed E-state index contributed by atoms with van der Waals surface area (Å²) in [6.45, 7) is 2.02. The van der Waals surface area contributed by atoms with E-state index in [0.717, 1.165) is 21.7 Å². The van der Waals surface area contributed by atoms with Gasteiger partial charge >= 0.3 is 0 Å². The molecule has 1 nitrogen and oxygen atoms in total. The summed E-state index contributed by atoms with van der Waals surface area (Å²) < 4.78 is 13.9. The smallest absolute Gasteiger partial charge is 0.164 e. The van der Waals surface area contributed by atoms with Crippen molar-refractivity contribution in [1.82, 2.24) is 0 Å². The highest BCUT2D eigenvalue weighted by Crippen LogP contribution is 2.47. The van der Waals surface area contributed by atoms with E-state index in [1.165, 1.54) is 0 Å². The highest BCUT2D eigenvalue weighted by atomic mass is 31.2. The molecule has 0 radical (unpaired) electrons. The molecule has 3 rings (SSSR count). The molecule has 2 heteroatoms. The summed E-state index contributed by atoms with van der Waals surface area (Å²) in [6.07, 6.45) is 0. The standard InChI is InChI=1S/C21H19OP/c1-18(19-11-5-2-6-12-19)17-23(22,20-13-7-3-8-14-20)21-15-9-4-10-16-21/h2-17H,1H3/b18-17-. The van der Waals surface area contributed by atoms with E-state index in [1.54, 1.807) is 0 Å². The lowest BCUT2D eigenvalue weighted by Gasteiger charge is -2.17. The largest absolute Gasteiger partial charge is 0.309 e. The van der Waals surface area contributed by atoms with Gasteiger partial charge in [-0.1, -0.05) is 91.0 Å². The minimum atomic E-state index is -2.81. The Bertz CT molecular complexity index is 793. The second kappa shape index (κ2) is 6.81. The van der Waals surface area contributed by atoms with Gasteiger partial charge in [0, 0.05) is 10.6 Å². The Labute approximate surface area is 137 Å². The molecule has 3 aromatic carbocycles. The number of rotatable bonds is 4. The summed E-state index contributed by atoms with van der Waals surface area (Å²) in [5, 5.41) is 1.72. The van der Waals surface area contributed by atoms with Crippen LogP contribution in [0.2, 0.25) is 0 Å². The molecule has 0 aliphatic heterocycles. The van der Waals surface area contributed by atoms with E-state index in [-0.39, 0.29) is 0 Å². The molecule has 0 atom stereocenters. The zero-order valence-electron chi connectivity index (χ0n) is 13.1. The minimum absolute atomic E-state index is 0.862. The number of hydrogen-bond donors (Lipinski definition) is 0. The van der Waals surface area contributed by atoms with Gasteiger partial charge in [0.05, 0.1) is 0 Å². The van der Waals surface area contributed by atoms with Crippen molar-refractivity contribution in [1.29, 1.82) is 0 Å². The van der Waals surface area contributed by atoms with Crippen molar-refractivity contribution in [2.24, 2.45) is 0 Å². The molecule has 0 fully saturated rings. The third-order valence-corrected chi connectivity index (χ3v) is 6.77. The third-order valence-electron chi connectivity index (χ3n) is 3.88. The molecule has 114 valence electrons. The molecule has 0 aliphatic carbocycles. The van der Waals surface area contributed by atoms with E-state index in [0.29, 0.717) is 0 Å². The third kappa shape index (κ3) is 3.36. The quantitative estimate of drug-likeness (QED) is 0.614. The van der Waals surface area contributed by atoms with Gasteiger partial charge in [0.1, 0.15) is 0 Å². The minimum Gasteiger partial charge on any atom is -0.309 e. The van der Waals surface area contributed by atoms with Crippen LogP contribution < -0.4 is 10.6 Å². The van der Waals surface area contributed by atoms with E-state index in [4.69, 9.17) is 0 Å². The van der Waals surface area contributed by atoms with Gasteiger partial charge in [-0.3, -0.25) is 0 Å². The maximum Gasteiger partial charge on any atom is 0.164 e. The van der Waals surface area contributed by atoms with Gasteiger partial charge in [-0.2, -0.15) is 0 Å². The van der Waals surface area contributed by atoms with Crippen LogP contribution in [0.1, 0.15) is 12.5 Å². The molecule has 23 heavy (non-hydrogen) atoms. The Balaban J connectivity index is 2.16. The van der Waals surface area contributed by atoms with Crippen molar-refractivity contribution in [3.63, 3.8) is 0 Å². The van der Waals surface area contributed by atoms with Gasteiger partial charge < -0.3 is 4.57 Å². The summed E-state index contributed by atoms with van der Waals surface area (Å²) in [4.78, 5) is 0. The van der Waals surface area contributed by atoms with Crippen LogP contribution in [0.4, 0.5) is 0 Å². The molecule has 0 unspecified atom stereocenters. The first-order chi connectivity index (χ1) is 11.2. The Hall–Kier alpha value is -2.37. The molecule has 0 saturated heterocycles. The van der Waals surface area contributed by atoms with Crippen LogP contribution >= 0.6 is 7.14 Å². The Morgan fingerprint density at radius 1 is 0.696 bits per heavy atom. The molecule has 0 heterocycles. The first kappa shape index (κ1) is 15.5. The molecule has 0 bridgehead atoms. The van der Waals surface area contributed by atoms with Crippen molar-refractivity contribution in [2.75, 3.05) is 0 Å². The van der Waals surface area contributed by atoms with Crippen LogP contribution in [0.25, 0.3) is 5.57 Å². The number of benzene rings is 3. The Morgan fingerprint density at radius 3 is 1.52 bits per heavy atom. The Kier molecular flexibility index (Phi) is 4.60. The number of allylic oxidation sites excluding steroid dienone is 1. The molecular weight excluding hydrogens is 299 g/mol. The molecule has 0 aromatic heterocycles. The molecule has 0 aliphatic rings. The van der Waals surface area contributed by atoms with E-state index >= 15 is 0 Å². The van der Waals surface area contributed by atoms with E-state index < -0.39 is 7.14 Å². The lowest BCUT2D eigenvalue weighted by Crippen LogP contribution is -2.14. The molecule has 3 aromatic rings. The summed E-state index contributed by atoms with van der Waals surface area (Å²) >= 11 is 0. The molecule has 0 spiro atoms. The van der Waals surface area contributed by atoms with Crippen LogP contribution in [0.3, 0.4) is 0 Å². The fourth-order valence-corrected chi connectivity index (χ4v) is 5.17. The Morgan fingerprint density at radius 2 is 1.09 bits per heavy atom. The van der Waals surface area contributed by atoms with Crippen LogP contribution in [-0.2, 0) is 4.57 Å². The van der Waals surface area contributed by atoms with Crippen molar-refractivity contribution in [2.45, 2.75) is 6.92 Å². The summed E-state index contributed by atoms with van der Waals surface area (Å²) in [5.74, 6) is 1.94. The SMILES string of the molecule is C/C(=C/P(=O)(c1ccccc1)c1ccccc1)c1ccccc1. The summed E-state index contributed by atoms with van der Waals surface area (Å²) in [6, 6.07) is 29.5. The van der Waals surface area contributed by atoms with E-state index in [9.17, 15) is 4.57 Å². The topological polar surface area (TPSA) is 17.1 Å². The molecule has 0 N–H and O–H groups in total. The normalized spacial score (nSPS) is 12.1. The molecular formula is C21H19OP.